The molecule has 0 radical (unpaired) electrons. The summed E-state index contributed by atoms with van der Waals surface area (Å²) in [5.74, 6) is 1.64. The van der Waals surface area contributed by atoms with Crippen LogP contribution in [-0.4, -0.2) is 33.1 Å². The molecule has 2 aromatic heterocycles. The van der Waals surface area contributed by atoms with Crippen molar-refractivity contribution in [3.8, 4) is 0 Å². The molecule has 0 bridgehead atoms. The lowest BCUT2D eigenvalue weighted by Gasteiger charge is -2.00. The van der Waals surface area contributed by atoms with Crippen molar-refractivity contribution in [1.29, 1.82) is 0 Å². The Hall–Kier alpha value is -1.69. The Kier molecular flexibility index (Phi) is 3.10. The maximum atomic E-state index is 5.34. The molecule has 6 heteroatoms. The molecule has 3 rings (SSSR count). The van der Waals surface area contributed by atoms with E-state index in [4.69, 9.17) is 9.26 Å². The van der Waals surface area contributed by atoms with Gasteiger partial charge in [-0.25, -0.2) is 0 Å². The SMILES string of the molecule is Cc1nn(Cc2nc([C@H]3CCOC3)no2)c(C)c1C. The van der Waals surface area contributed by atoms with E-state index in [1.54, 1.807) is 0 Å². The molecule has 1 aliphatic rings. The first-order valence-electron chi connectivity index (χ1n) is 6.56. The number of rotatable bonds is 3. The molecule has 1 saturated heterocycles. The van der Waals surface area contributed by atoms with E-state index in [2.05, 4.69) is 29.1 Å². The Morgan fingerprint density at radius 1 is 1.32 bits per heavy atom. The molecule has 0 aliphatic carbocycles. The van der Waals surface area contributed by atoms with Gasteiger partial charge in [0.15, 0.2) is 5.82 Å². The fourth-order valence-corrected chi connectivity index (χ4v) is 2.30. The van der Waals surface area contributed by atoms with Crippen molar-refractivity contribution in [3.05, 3.63) is 28.7 Å². The summed E-state index contributed by atoms with van der Waals surface area (Å²) in [7, 11) is 0. The van der Waals surface area contributed by atoms with Crippen LogP contribution in [0.2, 0.25) is 0 Å². The van der Waals surface area contributed by atoms with Gasteiger partial charge < -0.3 is 9.26 Å². The van der Waals surface area contributed by atoms with Crippen LogP contribution in [0.5, 0.6) is 0 Å². The molecule has 0 spiro atoms. The summed E-state index contributed by atoms with van der Waals surface area (Å²) in [6.45, 7) is 8.14. The van der Waals surface area contributed by atoms with Gasteiger partial charge in [0.2, 0.25) is 5.89 Å². The summed E-state index contributed by atoms with van der Waals surface area (Å²) < 4.78 is 12.6. The van der Waals surface area contributed by atoms with Crippen LogP contribution < -0.4 is 0 Å². The minimum Gasteiger partial charge on any atom is -0.381 e. The first-order valence-corrected chi connectivity index (χ1v) is 6.56. The quantitative estimate of drug-likeness (QED) is 0.843. The normalized spacial score (nSPS) is 19.2. The molecule has 102 valence electrons. The number of ether oxygens (including phenoxy) is 1. The topological polar surface area (TPSA) is 66.0 Å². The number of hydrogen-bond acceptors (Lipinski definition) is 5. The maximum Gasteiger partial charge on any atom is 0.248 e. The van der Waals surface area contributed by atoms with Gasteiger partial charge >= 0.3 is 0 Å². The number of aryl methyl sites for hydroxylation is 1. The summed E-state index contributed by atoms with van der Waals surface area (Å²) in [6.07, 6.45) is 0.970. The summed E-state index contributed by atoms with van der Waals surface area (Å²) in [6, 6.07) is 0. The predicted molar refractivity (Wildman–Crippen MR) is 68.0 cm³/mol. The molecule has 1 fully saturated rings. The highest BCUT2D eigenvalue weighted by Crippen LogP contribution is 2.22. The molecule has 3 heterocycles. The molecule has 0 saturated carbocycles. The Morgan fingerprint density at radius 3 is 2.79 bits per heavy atom. The van der Waals surface area contributed by atoms with Crippen molar-refractivity contribution < 1.29 is 9.26 Å². The number of nitrogens with zero attached hydrogens (tertiary/aromatic N) is 4. The number of hydrogen-bond donors (Lipinski definition) is 0. The molecule has 6 nitrogen and oxygen atoms in total. The number of aromatic nitrogens is 4. The average Bonchev–Trinajstić information content (AvgIpc) is 3.09. The molecule has 2 aromatic rings. The standard InChI is InChI=1S/C13H18N4O2/c1-8-9(2)15-17(10(8)3)6-12-14-13(16-19-12)11-4-5-18-7-11/h11H,4-7H2,1-3H3/t11-/m0/s1. The van der Waals surface area contributed by atoms with Gasteiger partial charge in [0, 0.05) is 18.2 Å². The summed E-state index contributed by atoms with van der Waals surface area (Å²) in [5, 5.41) is 8.52. The average molecular weight is 262 g/mol. The van der Waals surface area contributed by atoms with Gasteiger partial charge in [0.25, 0.3) is 0 Å². The van der Waals surface area contributed by atoms with Gasteiger partial charge in [-0.05, 0) is 32.8 Å². The highest BCUT2D eigenvalue weighted by Gasteiger charge is 2.23. The van der Waals surface area contributed by atoms with E-state index in [0.29, 0.717) is 19.0 Å². The summed E-state index contributed by atoms with van der Waals surface area (Å²) in [5.41, 5.74) is 3.40. The van der Waals surface area contributed by atoms with Crippen LogP contribution >= 0.6 is 0 Å². The monoisotopic (exact) mass is 262 g/mol. The first kappa shape index (κ1) is 12.3. The first-order chi connectivity index (χ1) is 9.15. The molecule has 1 atom stereocenters. The Morgan fingerprint density at radius 2 is 2.16 bits per heavy atom. The van der Waals surface area contributed by atoms with Gasteiger partial charge in [0.05, 0.1) is 12.3 Å². The van der Waals surface area contributed by atoms with Crippen LogP contribution in [0.25, 0.3) is 0 Å². The van der Waals surface area contributed by atoms with Gasteiger partial charge in [0.1, 0.15) is 6.54 Å². The Bertz CT molecular complexity index is 581. The third-order valence-electron chi connectivity index (χ3n) is 3.81. The second-order valence-corrected chi connectivity index (χ2v) is 5.06. The van der Waals surface area contributed by atoms with Crippen LogP contribution in [0.1, 0.15) is 41.0 Å². The molecule has 0 N–H and O–H groups in total. The predicted octanol–water partition coefficient (Wildman–Crippen LogP) is 1.74. The van der Waals surface area contributed by atoms with Crippen LogP contribution in [0.3, 0.4) is 0 Å². The zero-order valence-electron chi connectivity index (χ0n) is 11.5. The molecule has 0 aromatic carbocycles. The smallest absolute Gasteiger partial charge is 0.248 e. The van der Waals surface area contributed by atoms with Gasteiger partial charge in [-0.3, -0.25) is 4.68 Å². The zero-order valence-corrected chi connectivity index (χ0v) is 11.5. The summed E-state index contributed by atoms with van der Waals surface area (Å²) >= 11 is 0. The van der Waals surface area contributed by atoms with Gasteiger partial charge in [-0.15, -0.1) is 0 Å². The van der Waals surface area contributed by atoms with E-state index in [1.165, 1.54) is 5.56 Å². The molecule has 19 heavy (non-hydrogen) atoms. The largest absolute Gasteiger partial charge is 0.381 e. The van der Waals surface area contributed by atoms with Crippen LogP contribution in [-0.2, 0) is 11.3 Å². The van der Waals surface area contributed by atoms with E-state index >= 15 is 0 Å². The third kappa shape index (κ3) is 2.28. The lowest BCUT2D eigenvalue weighted by molar-refractivity contribution is 0.192. The van der Waals surface area contributed by atoms with Crippen LogP contribution in [0.4, 0.5) is 0 Å². The minimum atomic E-state index is 0.277. The van der Waals surface area contributed by atoms with Crippen LogP contribution in [0, 0.1) is 20.8 Å². The summed E-state index contributed by atoms with van der Waals surface area (Å²) in [4.78, 5) is 4.45. The Balaban J connectivity index is 1.78. The van der Waals surface area contributed by atoms with Crippen LogP contribution in [0.15, 0.2) is 4.52 Å². The van der Waals surface area contributed by atoms with Crippen molar-refractivity contribution in [1.82, 2.24) is 19.9 Å². The third-order valence-corrected chi connectivity index (χ3v) is 3.81. The Labute approximate surface area is 111 Å². The van der Waals surface area contributed by atoms with Crippen molar-refractivity contribution in [2.45, 2.75) is 39.7 Å². The maximum absolute atomic E-state index is 5.34. The highest BCUT2D eigenvalue weighted by atomic mass is 16.5. The van der Waals surface area contributed by atoms with Gasteiger partial charge in [-0.1, -0.05) is 5.16 Å². The second-order valence-electron chi connectivity index (χ2n) is 5.06. The molecule has 0 unspecified atom stereocenters. The fourth-order valence-electron chi connectivity index (χ4n) is 2.30. The fraction of sp³-hybridized carbons (Fsp3) is 0.615. The van der Waals surface area contributed by atoms with E-state index < -0.39 is 0 Å². The van der Waals surface area contributed by atoms with E-state index in [0.717, 1.165) is 30.2 Å². The van der Waals surface area contributed by atoms with Gasteiger partial charge in [-0.2, -0.15) is 10.1 Å². The van der Waals surface area contributed by atoms with Crippen molar-refractivity contribution in [2.24, 2.45) is 0 Å². The van der Waals surface area contributed by atoms with E-state index in [1.807, 2.05) is 11.6 Å². The van der Waals surface area contributed by atoms with E-state index in [-0.39, 0.29) is 5.92 Å². The zero-order chi connectivity index (χ0) is 13.4. The molecule has 0 amide bonds. The van der Waals surface area contributed by atoms with Crippen molar-refractivity contribution in [2.75, 3.05) is 13.2 Å². The second kappa shape index (κ2) is 4.77. The highest BCUT2D eigenvalue weighted by molar-refractivity contribution is 5.22. The lowest BCUT2D eigenvalue weighted by atomic mass is 10.1. The molecular weight excluding hydrogens is 244 g/mol. The minimum absolute atomic E-state index is 0.277. The van der Waals surface area contributed by atoms with E-state index in [9.17, 15) is 0 Å². The van der Waals surface area contributed by atoms with Crippen molar-refractivity contribution >= 4 is 0 Å². The van der Waals surface area contributed by atoms with Crippen molar-refractivity contribution in [3.63, 3.8) is 0 Å². The lowest BCUT2D eigenvalue weighted by Crippen LogP contribution is -2.05. The molecule has 1 aliphatic heterocycles. The molecular formula is C13H18N4O2.